The third-order valence-electron chi connectivity index (χ3n) is 2.54. The molecule has 0 aromatic heterocycles. The lowest BCUT2D eigenvalue weighted by molar-refractivity contribution is 0.0900. The van der Waals surface area contributed by atoms with Crippen molar-refractivity contribution in [1.29, 1.82) is 0 Å². The van der Waals surface area contributed by atoms with E-state index in [1.165, 1.54) is 5.56 Å². The molecule has 1 unspecified atom stereocenters. The first kappa shape index (κ1) is 13.2. The lowest BCUT2D eigenvalue weighted by Crippen LogP contribution is -2.33. The molecule has 0 bridgehead atoms. The third kappa shape index (κ3) is 5.26. The van der Waals surface area contributed by atoms with Crippen molar-refractivity contribution in [3.8, 4) is 0 Å². The molecule has 1 aromatic rings. The Kier molecular flexibility index (Phi) is 6.81. The van der Waals surface area contributed by atoms with Gasteiger partial charge in [-0.2, -0.15) is 0 Å². The van der Waals surface area contributed by atoms with Gasteiger partial charge in [0.1, 0.15) is 0 Å². The zero-order chi connectivity index (χ0) is 11.6. The van der Waals surface area contributed by atoms with E-state index in [1.54, 1.807) is 0 Å². The van der Waals surface area contributed by atoms with Gasteiger partial charge in [-0.15, -0.1) is 0 Å². The molecule has 0 saturated carbocycles. The van der Waals surface area contributed by atoms with Gasteiger partial charge in [0.05, 0.1) is 19.3 Å². The maximum absolute atomic E-state index is 8.92. The van der Waals surface area contributed by atoms with Crippen LogP contribution in [0.2, 0.25) is 0 Å². The zero-order valence-corrected chi connectivity index (χ0v) is 9.86. The van der Waals surface area contributed by atoms with Crippen LogP contribution in [-0.4, -0.2) is 38.0 Å². The van der Waals surface area contributed by atoms with Crippen LogP contribution in [0.4, 0.5) is 0 Å². The first-order chi connectivity index (χ1) is 7.86. The molecule has 0 aliphatic rings. The highest BCUT2D eigenvalue weighted by molar-refractivity contribution is 5.14. The second-order valence-corrected chi connectivity index (χ2v) is 3.83. The van der Waals surface area contributed by atoms with Gasteiger partial charge in [-0.25, -0.2) is 0 Å². The van der Waals surface area contributed by atoms with Gasteiger partial charge in [-0.05, 0) is 25.5 Å². The molecule has 0 saturated heterocycles. The molecule has 90 valence electrons. The molecule has 0 radical (unpaired) electrons. The fourth-order valence-corrected chi connectivity index (χ4v) is 1.48. The highest BCUT2D eigenvalue weighted by atomic mass is 16.5. The number of hydrogen-bond acceptors (Lipinski definition) is 3. The number of benzene rings is 1. The molecule has 1 rings (SSSR count). The second-order valence-electron chi connectivity index (χ2n) is 3.83. The van der Waals surface area contributed by atoms with E-state index in [4.69, 9.17) is 9.84 Å². The maximum atomic E-state index is 8.92. The van der Waals surface area contributed by atoms with Crippen LogP contribution in [0.1, 0.15) is 12.0 Å². The molecule has 0 amide bonds. The largest absolute Gasteiger partial charge is 0.395 e. The molecule has 0 spiro atoms. The Morgan fingerprint density at radius 3 is 2.69 bits per heavy atom. The lowest BCUT2D eigenvalue weighted by atomic mass is 10.1. The van der Waals surface area contributed by atoms with Crippen LogP contribution in [0.25, 0.3) is 0 Å². The van der Waals surface area contributed by atoms with Crippen LogP contribution < -0.4 is 5.32 Å². The Labute approximate surface area is 97.4 Å². The lowest BCUT2D eigenvalue weighted by Gasteiger charge is -2.13. The number of likely N-dealkylation sites (N-methyl/N-ethyl adjacent to an activating group) is 1. The van der Waals surface area contributed by atoms with E-state index in [-0.39, 0.29) is 12.6 Å². The summed E-state index contributed by atoms with van der Waals surface area (Å²) in [6.07, 6.45) is 2.07. The standard InChI is InChI=1S/C13H21NO2/c1-14-13(10-15)11-16-9-5-8-12-6-3-2-4-7-12/h2-4,6-7,13-15H,5,8-11H2,1H3. The van der Waals surface area contributed by atoms with Crippen molar-refractivity contribution in [2.45, 2.75) is 18.9 Å². The average molecular weight is 223 g/mol. The molecule has 0 heterocycles. The predicted octanol–water partition coefficient (Wildman–Crippen LogP) is 1.22. The number of nitrogens with one attached hydrogen (secondary N) is 1. The van der Waals surface area contributed by atoms with Crippen molar-refractivity contribution in [3.63, 3.8) is 0 Å². The molecule has 1 atom stereocenters. The van der Waals surface area contributed by atoms with E-state index in [0.717, 1.165) is 19.4 Å². The minimum absolute atomic E-state index is 0.0525. The second kappa shape index (κ2) is 8.28. The predicted molar refractivity (Wildman–Crippen MR) is 65.5 cm³/mol. The van der Waals surface area contributed by atoms with Gasteiger partial charge < -0.3 is 15.2 Å². The summed E-state index contributed by atoms with van der Waals surface area (Å²) in [7, 11) is 1.83. The topological polar surface area (TPSA) is 41.5 Å². The van der Waals surface area contributed by atoms with Crippen LogP contribution in [0, 0.1) is 0 Å². The molecule has 0 aliphatic carbocycles. The Hall–Kier alpha value is -0.900. The van der Waals surface area contributed by atoms with Gasteiger partial charge in [0.15, 0.2) is 0 Å². The summed E-state index contributed by atoms with van der Waals surface area (Å²) in [4.78, 5) is 0. The van der Waals surface area contributed by atoms with Gasteiger partial charge in [-0.1, -0.05) is 30.3 Å². The van der Waals surface area contributed by atoms with Crippen molar-refractivity contribution in [2.75, 3.05) is 26.9 Å². The Morgan fingerprint density at radius 2 is 2.06 bits per heavy atom. The molecule has 0 aliphatic heterocycles. The van der Waals surface area contributed by atoms with Crippen molar-refractivity contribution < 1.29 is 9.84 Å². The SMILES string of the molecule is CNC(CO)COCCCc1ccccc1. The van der Waals surface area contributed by atoms with E-state index in [2.05, 4.69) is 29.6 Å². The van der Waals surface area contributed by atoms with Crippen molar-refractivity contribution >= 4 is 0 Å². The van der Waals surface area contributed by atoms with Crippen molar-refractivity contribution in [3.05, 3.63) is 35.9 Å². The molecule has 1 aromatic carbocycles. The van der Waals surface area contributed by atoms with Crippen LogP contribution in [0.15, 0.2) is 30.3 Å². The van der Waals surface area contributed by atoms with Crippen LogP contribution in [0.5, 0.6) is 0 Å². The average Bonchev–Trinajstić information content (AvgIpc) is 2.35. The number of aliphatic hydroxyl groups is 1. The van der Waals surface area contributed by atoms with Crippen LogP contribution >= 0.6 is 0 Å². The molecule has 3 nitrogen and oxygen atoms in total. The van der Waals surface area contributed by atoms with E-state index in [9.17, 15) is 0 Å². The normalized spacial score (nSPS) is 12.6. The minimum Gasteiger partial charge on any atom is -0.395 e. The molecule has 3 heteroatoms. The summed E-state index contributed by atoms with van der Waals surface area (Å²) in [6.45, 7) is 1.43. The number of ether oxygens (including phenoxy) is 1. The van der Waals surface area contributed by atoms with Gasteiger partial charge in [-0.3, -0.25) is 0 Å². The van der Waals surface area contributed by atoms with Crippen LogP contribution in [-0.2, 0) is 11.2 Å². The van der Waals surface area contributed by atoms with E-state index >= 15 is 0 Å². The molecule has 16 heavy (non-hydrogen) atoms. The Bertz CT molecular complexity index is 260. The molecule has 0 fully saturated rings. The Balaban J connectivity index is 2.04. The quantitative estimate of drug-likeness (QED) is 0.651. The summed E-state index contributed by atoms with van der Waals surface area (Å²) in [5.41, 5.74) is 1.35. The van der Waals surface area contributed by atoms with Gasteiger partial charge in [0.25, 0.3) is 0 Å². The van der Waals surface area contributed by atoms with E-state index in [1.807, 2.05) is 13.1 Å². The summed E-state index contributed by atoms with van der Waals surface area (Å²) in [5.74, 6) is 0. The van der Waals surface area contributed by atoms with Gasteiger partial charge in [0, 0.05) is 6.61 Å². The first-order valence-corrected chi connectivity index (χ1v) is 5.76. The fraction of sp³-hybridized carbons (Fsp3) is 0.538. The van der Waals surface area contributed by atoms with Crippen molar-refractivity contribution in [1.82, 2.24) is 5.32 Å². The van der Waals surface area contributed by atoms with E-state index in [0.29, 0.717) is 6.61 Å². The summed E-state index contributed by atoms with van der Waals surface area (Å²) >= 11 is 0. The summed E-state index contributed by atoms with van der Waals surface area (Å²) < 4.78 is 5.48. The summed E-state index contributed by atoms with van der Waals surface area (Å²) in [6, 6.07) is 10.4. The number of rotatable bonds is 8. The number of aryl methyl sites for hydroxylation is 1. The first-order valence-electron chi connectivity index (χ1n) is 5.76. The molecular weight excluding hydrogens is 202 g/mol. The van der Waals surface area contributed by atoms with Gasteiger partial charge >= 0.3 is 0 Å². The molecule has 2 N–H and O–H groups in total. The number of hydrogen-bond donors (Lipinski definition) is 2. The maximum Gasteiger partial charge on any atom is 0.0641 e. The fourth-order valence-electron chi connectivity index (χ4n) is 1.48. The highest BCUT2D eigenvalue weighted by Crippen LogP contribution is 2.02. The zero-order valence-electron chi connectivity index (χ0n) is 9.86. The third-order valence-corrected chi connectivity index (χ3v) is 2.54. The summed E-state index contributed by atoms with van der Waals surface area (Å²) in [5, 5.41) is 11.9. The molecular formula is C13H21NO2. The van der Waals surface area contributed by atoms with Crippen molar-refractivity contribution in [2.24, 2.45) is 0 Å². The minimum atomic E-state index is 0.0525. The van der Waals surface area contributed by atoms with Gasteiger partial charge in [0.2, 0.25) is 0 Å². The Morgan fingerprint density at radius 1 is 1.31 bits per heavy atom. The van der Waals surface area contributed by atoms with Crippen LogP contribution in [0.3, 0.4) is 0 Å². The monoisotopic (exact) mass is 223 g/mol. The number of aliphatic hydroxyl groups excluding tert-OH is 1. The van der Waals surface area contributed by atoms with E-state index < -0.39 is 0 Å². The smallest absolute Gasteiger partial charge is 0.0641 e. The highest BCUT2D eigenvalue weighted by Gasteiger charge is 2.02.